The van der Waals surface area contributed by atoms with Gasteiger partial charge in [0.25, 0.3) is 25.9 Å². The van der Waals surface area contributed by atoms with Gasteiger partial charge in [-0.15, -0.1) is 0 Å². The molecule has 38 heteroatoms. The van der Waals surface area contributed by atoms with Crippen LogP contribution in [0.1, 0.15) is 214 Å². The molecule has 8 N–H and O–H groups in total. The monoisotopic (exact) mass is 2170 g/mol. The maximum atomic E-state index is 13.1. The highest BCUT2D eigenvalue weighted by atomic mass is 79.9. The van der Waals surface area contributed by atoms with Crippen LogP contribution in [0.3, 0.4) is 0 Å². The number of alkyl carbamates (subject to hydrolysis) is 1. The van der Waals surface area contributed by atoms with Gasteiger partial charge >= 0.3 is 6.09 Å². The van der Waals surface area contributed by atoms with Gasteiger partial charge in [-0.25, -0.2) is 55.9 Å². The number of nitrogens with one attached hydrogen (secondary N) is 1. The van der Waals surface area contributed by atoms with Crippen LogP contribution in [-0.4, -0.2) is 159 Å². The quantitative estimate of drug-likeness (QED) is 0.00569. The maximum absolute atomic E-state index is 13.1. The Morgan fingerprint density at radius 3 is 1.22 bits per heavy atom. The van der Waals surface area contributed by atoms with Crippen molar-refractivity contribution in [2.75, 3.05) is 60.6 Å². The van der Waals surface area contributed by atoms with Gasteiger partial charge < -0.3 is 53.9 Å². The first-order valence-electron chi connectivity index (χ1n) is 48.7. The molecule has 0 aliphatic heterocycles. The lowest BCUT2D eigenvalue weighted by Crippen LogP contribution is -2.47. The van der Waals surface area contributed by atoms with Crippen LogP contribution < -0.4 is 50.0 Å². The fourth-order valence-corrected chi connectivity index (χ4v) is 15.1. The molecule has 0 saturated carbocycles. The summed E-state index contributed by atoms with van der Waals surface area (Å²) in [7, 11) is -5.84. The van der Waals surface area contributed by atoms with E-state index in [0.717, 1.165) is 184 Å². The number of carbonyl (C=O) groups excluding carboxylic acids is 1. The number of benzene rings is 3. The lowest BCUT2D eigenvalue weighted by atomic mass is 10.1. The van der Waals surface area contributed by atoms with E-state index in [0.29, 0.717) is 46.4 Å². The number of unbranched alkanes of at least 4 members (excludes halogenated alkanes) is 8. The van der Waals surface area contributed by atoms with E-state index in [4.69, 9.17) is 53.8 Å². The molecule has 0 unspecified atom stereocenters. The van der Waals surface area contributed by atoms with Gasteiger partial charge in [-0.05, 0) is 280 Å². The number of carbonyl (C=O) groups is 1. The topological polar surface area (TPSA) is 431 Å². The Morgan fingerprint density at radius 2 is 0.859 bits per heavy atom. The summed E-state index contributed by atoms with van der Waals surface area (Å²) in [4.78, 5) is 19.5. The molecule has 0 bridgehead atoms. The Morgan fingerprint density at radius 1 is 0.483 bits per heavy atom. The van der Waals surface area contributed by atoms with E-state index in [9.17, 15) is 48.5 Å². The molecule has 0 spiro atoms. The van der Waals surface area contributed by atoms with Gasteiger partial charge in [0.1, 0.15) is 73.7 Å². The van der Waals surface area contributed by atoms with Crippen LogP contribution >= 0.6 is 15.9 Å². The molecular weight excluding hydrogens is 2030 g/mol. The third-order valence-corrected chi connectivity index (χ3v) is 24.3. The number of hydrogen-bond donors (Lipinski definition) is 6. The first kappa shape index (κ1) is 126. The summed E-state index contributed by atoms with van der Waals surface area (Å²) in [6, 6.07) is 49.9. The van der Waals surface area contributed by atoms with Gasteiger partial charge in [-0.1, -0.05) is 150 Å². The number of fused-ring (bicyclic) bond motifs is 4. The first-order chi connectivity index (χ1) is 71.0. The highest BCUT2D eigenvalue weighted by Crippen LogP contribution is 2.25. The Hall–Kier alpha value is -13.8. The van der Waals surface area contributed by atoms with Gasteiger partial charge in [0.2, 0.25) is 6.20 Å². The SMILES string of the molecule is CCCCC#Cc1ccc(OC)c[n+]1N.CCCCC#Cc1ccc(OC)cn1.CCCCc1cc2ccc(O)cn2n1.CCCCc1cc2ccc(OC)cn2n1.CCCCc1cc2ccc(OC/C(=C/F)CN)cn2n1.CCCCc1cc2ccc(OC/C(=C/F)CNC(=O)OC(C)(C)C)cn2n1.COc1ccc(Br)nc1.Cc1cc(C)c(S(=O)(=O)[O-])c(C)c1.Cc1ccc(S(=O)(=O)O)cc1.Cc1ccc(S(=O)(=O)O)cc1. The molecule has 1 amide bonds. The number of aromatic nitrogens is 11. The van der Waals surface area contributed by atoms with Gasteiger partial charge in [0.05, 0.1) is 138 Å². The van der Waals surface area contributed by atoms with Crippen LogP contribution in [0.15, 0.2) is 256 Å². The van der Waals surface area contributed by atoms with Gasteiger partial charge in [-0.3, -0.25) is 9.11 Å². The molecule has 14 aromatic rings. The lowest BCUT2D eigenvalue weighted by Gasteiger charge is -2.20. The molecule has 0 atom stereocenters. The maximum Gasteiger partial charge on any atom is 0.407 e. The minimum atomic E-state index is -4.33. The molecule has 0 saturated heterocycles. The third kappa shape index (κ3) is 48.8. The number of rotatable bonds is 32. The summed E-state index contributed by atoms with van der Waals surface area (Å²) in [6.45, 7) is 27.4. The normalized spacial score (nSPS) is 11.0. The standard InChI is InChI=1S/C20H28FN3O3.C15H20FN3O.C12H16N2O.C12H17N2O.C12H15NO.C11H14N2O.C9H12O3S.2C7H8O3S.C6H6BrNO/c1-5-6-7-16-10-17-8-9-18(13-24(17)23-16)26-14-15(11-21)12-22-19(25)27-20(2,3)4;1-2-3-4-13-7-14-5-6-15(10-19(14)18-13)20-11-12(8-16)9-17;1-3-4-5-10-8-11-6-7-12(15-2)9-14(11)13-10;1-3-4-5-6-7-11-8-9-12(15-2)10-14(11)13;1-3-4-5-6-7-11-8-9-12(14-2)10-13-11;1-2-3-4-9-7-10-5-6-11(14)8-13(10)12-9;1-6-4-7(2)9(8(3)5-6)13(10,11)12;2*1-6-2-4-7(5-3-6)11(8,9)10;1-9-5-2-3-6(7)8-4-5/h8-11,13H,5-7,12,14H2,1-4H3,(H,22,25);5-8,10H,2-4,9,11,17H2,1H3;6-9H,3-5H2,1-2H3;8-10H,3-5,13H2,1-2H3;8-10H,3-5H2,1-2H3;5-8,14H,2-4H2,1H3;4-5H,1-3H3,(H,10,11,12);2*2-5H,1H3,(H,8,9,10);2-4H,1H3/q;;;+1;;;;;;/p-1/b15-11+;12-8+;;;;;;;;. The van der Waals surface area contributed by atoms with E-state index in [1.165, 1.54) is 61.0 Å². The molecule has 804 valence electrons. The summed E-state index contributed by atoms with van der Waals surface area (Å²) in [5, 5.41) is 29.7. The van der Waals surface area contributed by atoms with Gasteiger partial charge in [0.15, 0.2) is 5.75 Å². The second-order valence-corrected chi connectivity index (χ2v) is 39.8. The molecule has 32 nitrogen and oxygen atoms in total. The highest BCUT2D eigenvalue weighted by Gasteiger charge is 2.18. The summed E-state index contributed by atoms with van der Waals surface area (Å²) in [5.74, 6) is 22.6. The van der Waals surface area contributed by atoms with E-state index in [2.05, 4.69) is 141 Å². The van der Waals surface area contributed by atoms with Crippen molar-refractivity contribution in [1.29, 1.82) is 0 Å². The van der Waals surface area contributed by atoms with Crippen LogP contribution in [0.2, 0.25) is 0 Å². The van der Waals surface area contributed by atoms with E-state index in [1.54, 1.807) is 156 Å². The number of halogens is 3. The minimum absolute atomic E-state index is 0.0105. The Bertz CT molecular complexity index is 6910. The zero-order valence-corrected chi connectivity index (χ0v) is 92.4. The molecule has 0 radical (unpaired) electrons. The van der Waals surface area contributed by atoms with E-state index < -0.39 is 42.0 Å². The van der Waals surface area contributed by atoms with Crippen LogP contribution in [0.25, 0.3) is 22.1 Å². The van der Waals surface area contributed by atoms with Crippen LogP contribution in [-0.2, 0) is 60.8 Å². The zero-order valence-electron chi connectivity index (χ0n) is 88.3. The molecule has 3 aromatic carbocycles. The summed E-state index contributed by atoms with van der Waals surface area (Å²) in [6.07, 6.45) is 32.2. The van der Waals surface area contributed by atoms with Crippen molar-refractivity contribution in [3.63, 3.8) is 0 Å². The number of nitrogens with two attached hydrogens (primary N) is 2. The molecule has 0 aliphatic carbocycles. The number of amides is 1. The number of aromatic hydroxyl groups is 1. The van der Waals surface area contributed by atoms with Crippen LogP contribution in [0.5, 0.6) is 40.2 Å². The smallest absolute Gasteiger partial charge is 0.407 e. The molecule has 0 fully saturated rings. The summed E-state index contributed by atoms with van der Waals surface area (Å²) >= 11 is 3.21. The number of hydrogen-bond acceptors (Lipinski definition) is 24. The average Bonchev–Trinajstić information content (AvgIpc) is 1.80. The van der Waals surface area contributed by atoms with Crippen molar-refractivity contribution in [3.05, 3.63) is 304 Å². The van der Waals surface area contributed by atoms with Gasteiger partial charge in [-0.2, -0.15) is 37.2 Å². The number of aryl methyl sites for hydroxylation is 9. The zero-order chi connectivity index (χ0) is 110. The van der Waals surface area contributed by atoms with Gasteiger partial charge in [0, 0.05) is 49.1 Å². The highest BCUT2D eigenvalue weighted by molar-refractivity contribution is 9.10. The number of nitrogen functional groups attached to an aromatic ring is 1. The van der Waals surface area contributed by atoms with E-state index >= 15 is 0 Å². The number of methoxy groups -OCH3 is 4. The third-order valence-electron chi connectivity index (χ3n) is 20.9. The lowest BCUT2D eigenvalue weighted by molar-refractivity contribution is -0.641. The number of ether oxygens (including phenoxy) is 7. The van der Waals surface area contributed by atoms with Crippen molar-refractivity contribution in [2.45, 2.75) is 233 Å². The minimum Gasteiger partial charge on any atom is -0.744 e. The van der Waals surface area contributed by atoms with Crippen molar-refractivity contribution in [3.8, 4) is 63.9 Å². The number of pyridine rings is 7. The Kier molecular flexibility index (Phi) is 56.1. The summed E-state index contributed by atoms with van der Waals surface area (Å²) < 4.78 is 163. The molecule has 11 heterocycles. The average molecular weight is 2180 g/mol. The Balaban J connectivity index is 0.000000295. The van der Waals surface area contributed by atoms with E-state index in [1.807, 2.05) is 110 Å². The molecule has 11 aromatic heterocycles. The molecular formula is C111H143BrF2N14O18S3. The largest absolute Gasteiger partial charge is 0.744 e. The fourth-order valence-electron chi connectivity index (χ4n) is 13.0. The van der Waals surface area contributed by atoms with Crippen molar-refractivity contribution in [1.82, 2.24) is 53.7 Å². The van der Waals surface area contributed by atoms with Crippen LogP contribution in [0.4, 0.5) is 13.6 Å². The fraction of sp³-hybridized carbons (Fsp3) is 0.369. The predicted molar refractivity (Wildman–Crippen MR) is 582 cm³/mol. The Labute approximate surface area is 884 Å². The first-order valence-corrected chi connectivity index (χ1v) is 53.8. The molecule has 149 heavy (non-hydrogen) atoms. The molecule has 0 aliphatic rings. The van der Waals surface area contributed by atoms with Crippen molar-refractivity contribution in [2.24, 2.45) is 5.73 Å². The van der Waals surface area contributed by atoms with Crippen molar-refractivity contribution >= 4 is 74.4 Å². The second-order valence-electron chi connectivity index (χ2n) is 34.8. The number of nitrogens with zero attached hydrogens (tertiary/aromatic N) is 11. The van der Waals surface area contributed by atoms with E-state index in [-0.39, 0.29) is 46.7 Å². The summed E-state index contributed by atoms with van der Waals surface area (Å²) in [5.41, 5.74) is 19.6. The second kappa shape index (κ2) is 66.5. The van der Waals surface area contributed by atoms with Crippen LogP contribution in [0, 0.1) is 58.3 Å². The molecule has 14 rings (SSSR count). The van der Waals surface area contributed by atoms with Crippen molar-refractivity contribution < 1.29 is 95.4 Å². The predicted octanol–water partition coefficient (Wildman–Crippen LogP) is 22.1.